The van der Waals surface area contributed by atoms with Gasteiger partial charge in [-0.25, -0.2) is 5.01 Å². The van der Waals surface area contributed by atoms with E-state index in [-0.39, 0.29) is 30.6 Å². The molecule has 0 fully saturated rings. The molecule has 2 heterocycles. The largest absolute Gasteiger partial charge is 0.508 e. The Labute approximate surface area is 220 Å². The maximum absolute atomic E-state index is 13.5. The normalized spacial score (nSPS) is 15.1. The molecule has 0 bridgehead atoms. The number of rotatable bonds is 6. The van der Waals surface area contributed by atoms with Crippen molar-refractivity contribution in [1.29, 1.82) is 0 Å². The van der Waals surface area contributed by atoms with Gasteiger partial charge in [-0.15, -0.1) is 0 Å². The van der Waals surface area contributed by atoms with Crippen molar-refractivity contribution in [3.05, 3.63) is 98.7 Å². The van der Waals surface area contributed by atoms with Gasteiger partial charge in [0.25, 0.3) is 5.56 Å². The van der Waals surface area contributed by atoms with Crippen LogP contribution in [0, 0.1) is 0 Å². The van der Waals surface area contributed by atoms with E-state index in [4.69, 9.17) is 5.11 Å². The smallest absolute Gasteiger partial charge is 0.303 e. The number of hydrogen-bond donors (Lipinski definition) is 3. The molecule has 8 nitrogen and oxygen atoms in total. The van der Waals surface area contributed by atoms with Crippen LogP contribution >= 0.6 is 15.9 Å². The number of phenols is 1. The van der Waals surface area contributed by atoms with Crippen LogP contribution in [0.4, 0.5) is 0 Å². The van der Waals surface area contributed by atoms with Crippen molar-refractivity contribution in [3.8, 4) is 16.9 Å². The molecule has 5 rings (SSSR count). The lowest BCUT2D eigenvalue weighted by atomic mass is 9.91. The quantitative estimate of drug-likeness (QED) is 0.299. The average molecular weight is 560 g/mol. The summed E-state index contributed by atoms with van der Waals surface area (Å²) in [4.78, 5) is 40.6. The Bertz CT molecular complexity index is 1610. The second-order valence-electron chi connectivity index (χ2n) is 8.75. The lowest BCUT2D eigenvalue weighted by Crippen LogP contribution is -2.27. The third-order valence-corrected chi connectivity index (χ3v) is 6.79. The minimum absolute atomic E-state index is 0.0496. The van der Waals surface area contributed by atoms with Crippen molar-refractivity contribution < 1.29 is 19.8 Å². The molecular weight excluding hydrogens is 538 g/mol. The third-order valence-electron chi connectivity index (χ3n) is 6.30. The molecule has 1 aliphatic rings. The van der Waals surface area contributed by atoms with Gasteiger partial charge in [0.15, 0.2) is 0 Å². The summed E-state index contributed by atoms with van der Waals surface area (Å²) < 4.78 is 0.820. The molecule has 1 aliphatic heterocycles. The number of carbonyl (C=O) groups excluding carboxylic acids is 1. The molecule has 0 spiro atoms. The van der Waals surface area contributed by atoms with Gasteiger partial charge in [0, 0.05) is 33.8 Å². The van der Waals surface area contributed by atoms with Crippen molar-refractivity contribution in [3.63, 3.8) is 0 Å². The van der Waals surface area contributed by atoms with E-state index in [2.05, 4.69) is 26.0 Å². The Morgan fingerprint density at radius 3 is 2.51 bits per heavy atom. The predicted molar refractivity (Wildman–Crippen MR) is 143 cm³/mol. The molecular formula is C28H22BrN3O5. The molecule has 3 N–H and O–H groups in total. The summed E-state index contributed by atoms with van der Waals surface area (Å²) in [6.45, 7) is 0. The zero-order chi connectivity index (χ0) is 26.1. The molecule has 0 aliphatic carbocycles. The van der Waals surface area contributed by atoms with Crippen molar-refractivity contribution in [2.75, 3.05) is 0 Å². The first-order valence-corrected chi connectivity index (χ1v) is 12.4. The highest BCUT2D eigenvalue weighted by atomic mass is 79.9. The Hall–Kier alpha value is -4.24. The van der Waals surface area contributed by atoms with Crippen LogP contribution in [-0.2, 0) is 9.59 Å². The minimum Gasteiger partial charge on any atom is -0.508 e. The van der Waals surface area contributed by atoms with Gasteiger partial charge in [-0.3, -0.25) is 14.4 Å². The number of aromatic hydroxyl groups is 1. The van der Waals surface area contributed by atoms with Gasteiger partial charge in [-0.05, 0) is 41.5 Å². The van der Waals surface area contributed by atoms with Gasteiger partial charge >= 0.3 is 5.97 Å². The molecule has 1 atom stereocenters. The number of aromatic nitrogens is 1. The van der Waals surface area contributed by atoms with Gasteiger partial charge in [0.05, 0.1) is 23.7 Å². The number of H-pyrrole nitrogens is 1. The van der Waals surface area contributed by atoms with Crippen molar-refractivity contribution in [2.45, 2.75) is 25.3 Å². The van der Waals surface area contributed by atoms with E-state index in [1.807, 2.05) is 54.6 Å². The van der Waals surface area contributed by atoms with E-state index in [0.29, 0.717) is 27.7 Å². The van der Waals surface area contributed by atoms with E-state index >= 15 is 0 Å². The standard InChI is InChI=1S/C28H22BrN3O5/c29-18-8-4-7-17(13-18)23-15-22(31-32(23)24(34)11-12-25(35)36)27-26(16-5-2-1-3-6-16)20-14-19(33)9-10-21(20)30-28(27)37/h1-10,13-14,23,33H,11-12,15H2,(H,30,37)(H,35,36)/t23-/m1/s1. The number of carboxylic acid groups (broad SMARTS) is 1. The molecule has 4 aromatic rings. The highest BCUT2D eigenvalue weighted by Crippen LogP contribution is 2.38. The van der Waals surface area contributed by atoms with Crippen LogP contribution in [0.2, 0.25) is 0 Å². The van der Waals surface area contributed by atoms with Gasteiger partial charge < -0.3 is 15.2 Å². The van der Waals surface area contributed by atoms with Crippen molar-refractivity contribution in [1.82, 2.24) is 9.99 Å². The summed E-state index contributed by atoms with van der Waals surface area (Å²) in [6.07, 6.45) is -0.289. The number of amides is 1. The fourth-order valence-corrected chi connectivity index (χ4v) is 5.07. The lowest BCUT2D eigenvalue weighted by Gasteiger charge is -2.22. The monoisotopic (exact) mass is 559 g/mol. The second-order valence-corrected chi connectivity index (χ2v) is 9.67. The van der Waals surface area contributed by atoms with E-state index in [9.17, 15) is 19.5 Å². The number of fused-ring (bicyclic) bond motifs is 1. The summed E-state index contributed by atoms with van der Waals surface area (Å²) in [5.41, 5.74) is 3.05. The number of phenolic OH excluding ortho intramolecular Hbond substituents is 1. The van der Waals surface area contributed by atoms with Crippen LogP contribution in [0.5, 0.6) is 5.75 Å². The van der Waals surface area contributed by atoms with Gasteiger partial charge in [-0.1, -0.05) is 58.4 Å². The van der Waals surface area contributed by atoms with E-state index in [1.165, 1.54) is 11.1 Å². The average Bonchev–Trinajstić information content (AvgIpc) is 3.32. The summed E-state index contributed by atoms with van der Waals surface area (Å²) >= 11 is 3.47. The zero-order valence-electron chi connectivity index (χ0n) is 19.5. The van der Waals surface area contributed by atoms with E-state index < -0.39 is 17.9 Å². The maximum atomic E-state index is 13.5. The van der Waals surface area contributed by atoms with Gasteiger partial charge in [0.2, 0.25) is 5.91 Å². The number of benzene rings is 3. The number of hydrogen-bond acceptors (Lipinski definition) is 5. The second kappa shape index (κ2) is 10.0. The Kier molecular flexibility index (Phi) is 6.62. The number of nitrogens with one attached hydrogen (secondary N) is 1. The SMILES string of the molecule is O=C(O)CCC(=O)N1N=C(c2c(-c3ccccc3)c3cc(O)ccc3[nH]c2=O)C[C@@H]1c1cccc(Br)c1. The summed E-state index contributed by atoms with van der Waals surface area (Å²) in [5.74, 6) is -1.47. The topological polar surface area (TPSA) is 123 Å². The summed E-state index contributed by atoms with van der Waals surface area (Å²) in [7, 11) is 0. The first-order chi connectivity index (χ1) is 17.8. The van der Waals surface area contributed by atoms with Crippen LogP contribution < -0.4 is 5.56 Å². The highest BCUT2D eigenvalue weighted by Gasteiger charge is 2.35. The zero-order valence-corrected chi connectivity index (χ0v) is 21.1. The van der Waals surface area contributed by atoms with Crippen LogP contribution in [-0.4, -0.2) is 37.8 Å². The molecule has 3 aromatic carbocycles. The third kappa shape index (κ3) is 4.90. The van der Waals surface area contributed by atoms with E-state index in [1.54, 1.807) is 12.1 Å². The number of carbonyl (C=O) groups is 2. The van der Waals surface area contributed by atoms with Gasteiger partial charge in [-0.2, -0.15) is 5.10 Å². The lowest BCUT2D eigenvalue weighted by molar-refractivity contribution is -0.141. The number of hydrazone groups is 1. The Balaban J connectivity index is 1.70. The first-order valence-electron chi connectivity index (χ1n) is 11.6. The van der Waals surface area contributed by atoms with Crippen molar-refractivity contribution in [2.24, 2.45) is 5.10 Å². The molecule has 1 aromatic heterocycles. The Morgan fingerprint density at radius 2 is 1.78 bits per heavy atom. The van der Waals surface area contributed by atoms with Crippen LogP contribution in [0.15, 0.2) is 87.2 Å². The fourth-order valence-electron chi connectivity index (χ4n) is 4.65. The number of pyridine rings is 1. The summed E-state index contributed by atoms with van der Waals surface area (Å²) in [5, 5.41) is 25.9. The number of aromatic amines is 1. The minimum atomic E-state index is -1.08. The van der Waals surface area contributed by atoms with Gasteiger partial charge in [0.1, 0.15) is 5.75 Å². The maximum Gasteiger partial charge on any atom is 0.303 e. The van der Waals surface area contributed by atoms with Crippen molar-refractivity contribution >= 4 is 44.4 Å². The fraction of sp³-hybridized carbons (Fsp3) is 0.143. The molecule has 0 unspecified atom stereocenters. The van der Waals surface area contributed by atoms with E-state index in [0.717, 1.165) is 15.6 Å². The highest BCUT2D eigenvalue weighted by molar-refractivity contribution is 9.10. The molecule has 0 radical (unpaired) electrons. The van der Waals surface area contributed by atoms with Crippen LogP contribution in [0.3, 0.4) is 0 Å². The number of halogens is 1. The molecule has 186 valence electrons. The molecule has 0 saturated carbocycles. The molecule has 1 amide bonds. The predicted octanol–water partition coefficient (Wildman–Crippen LogP) is 5.21. The van der Waals surface area contributed by atoms with Crippen LogP contribution in [0.1, 0.15) is 36.4 Å². The molecule has 37 heavy (non-hydrogen) atoms. The first kappa shape index (κ1) is 24.5. The number of aliphatic carboxylic acids is 1. The molecule has 0 saturated heterocycles. The Morgan fingerprint density at radius 1 is 1.00 bits per heavy atom. The summed E-state index contributed by atoms with van der Waals surface area (Å²) in [6, 6.07) is 21.0. The number of nitrogens with zero attached hydrogens (tertiary/aromatic N) is 2. The van der Waals surface area contributed by atoms with Crippen LogP contribution in [0.25, 0.3) is 22.0 Å². The number of carboxylic acids is 1. The molecule has 9 heteroatoms.